The molecule has 0 amide bonds. The minimum absolute atomic E-state index is 0.215. The first-order valence-electron chi connectivity index (χ1n) is 8.15. The van der Waals surface area contributed by atoms with Gasteiger partial charge in [0.1, 0.15) is 6.61 Å². The molecular formula is C20H14O6. The van der Waals surface area contributed by atoms with Crippen LogP contribution in [0.2, 0.25) is 0 Å². The second-order valence-corrected chi connectivity index (χ2v) is 6.03. The van der Waals surface area contributed by atoms with E-state index in [2.05, 4.69) is 0 Å². The molecular weight excluding hydrogens is 336 g/mol. The van der Waals surface area contributed by atoms with Crippen molar-refractivity contribution in [2.75, 3.05) is 20.2 Å². The average Bonchev–Trinajstić information content (AvgIpc) is 3.37. The fraction of sp³-hybridized carbons (Fsp3) is 0.150. The summed E-state index contributed by atoms with van der Waals surface area (Å²) in [5, 5.41) is 0. The predicted molar refractivity (Wildman–Crippen MR) is 92.0 cm³/mol. The van der Waals surface area contributed by atoms with Crippen LogP contribution in [0.5, 0.6) is 23.0 Å². The number of fused-ring (bicyclic) bond motifs is 2. The van der Waals surface area contributed by atoms with Gasteiger partial charge in [-0.3, -0.25) is 0 Å². The van der Waals surface area contributed by atoms with E-state index in [1.807, 2.05) is 42.5 Å². The first kappa shape index (κ1) is 14.9. The molecule has 0 atom stereocenters. The molecule has 2 aromatic rings. The Balaban J connectivity index is 1.49. The molecule has 1 saturated heterocycles. The lowest BCUT2D eigenvalue weighted by Crippen LogP contribution is -1.95. The monoisotopic (exact) mass is 350 g/mol. The molecule has 0 aliphatic carbocycles. The number of rotatable bonds is 2. The summed E-state index contributed by atoms with van der Waals surface area (Å²) >= 11 is 0. The van der Waals surface area contributed by atoms with Crippen molar-refractivity contribution in [1.29, 1.82) is 0 Å². The van der Waals surface area contributed by atoms with Crippen molar-refractivity contribution >= 4 is 18.1 Å². The van der Waals surface area contributed by atoms with E-state index in [-0.39, 0.29) is 26.2 Å². The van der Waals surface area contributed by atoms with Gasteiger partial charge in [-0.05, 0) is 47.5 Å². The standard InChI is InChI=1S/C20H14O6/c21-20-15(6-13-2-4-17-19(8-13)26-11-24-17)14(9-22-20)5-12-1-3-16-18(7-12)25-10-23-16/h1-8H,9-11H2/b14-5+,15-6?. The summed E-state index contributed by atoms with van der Waals surface area (Å²) in [6.07, 6.45) is 3.72. The molecule has 3 heterocycles. The zero-order valence-corrected chi connectivity index (χ0v) is 13.7. The maximum absolute atomic E-state index is 12.2. The summed E-state index contributed by atoms with van der Waals surface area (Å²) in [6.45, 7) is 0.683. The van der Waals surface area contributed by atoms with E-state index in [0.29, 0.717) is 22.8 Å². The van der Waals surface area contributed by atoms with Gasteiger partial charge in [-0.1, -0.05) is 12.1 Å². The number of benzene rings is 2. The Morgan fingerprint density at radius 2 is 1.27 bits per heavy atom. The van der Waals surface area contributed by atoms with E-state index < -0.39 is 0 Å². The van der Waals surface area contributed by atoms with Crippen molar-refractivity contribution in [3.63, 3.8) is 0 Å². The van der Waals surface area contributed by atoms with Crippen molar-refractivity contribution < 1.29 is 28.5 Å². The zero-order valence-electron chi connectivity index (χ0n) is 13.7. The maximum atomic E-state index is 12.2. The molecule has 0 unspecified atom stereocenters. The minimum Gasteiger partial charge on any atom is -0.457 e. The normalized spacial score (nSPS) is 20.1. The third kappa shape index (κ3) is 2.56. The van der Waals surface area contributed by atoms with E-state index in [4.69, 9.17) is 23.7 Å². The second-order valence-electron chi connectivity index (χ2n) is 6.03. The molecule has 0 aromatic heterocycles. The summed E-state index contributed by atoms with van der Waals surface area (Å²) < 4.78 is 26.6. The fourth-order valence-electron chi connectivity index (χ4n) is 3.07. The van der Waals surface area contributed by atoms with Crippen LogP contribution in [0.3, 0.4) is 0 Å². The second kappa shape index (κ2) is 5.84. The number of cyclic esters (lactones) is 1. The highest BCUT2D eigenvalue weighted by Gasteiger charge is 2.25. The Morgan fingerprint density at radius 1 is 0.692 bits per heavy atom. The molecule has 5 rings (SSSR count). The van der Waals surface area contributed by atoms with Gasteiger partial charge in [0.25, 0.3) is 0 Å². The number of hydrogen-bond donors (Lipinski definition) is 0. The molecule has 130 valence electrons. The van der Waals surface area contributed by atoms with Gasteiger partial charge in [0.2, 0.25) is 13.6 Å². The Labute approximate surface area is 149 Å². The average molecular weight is 350 g/mol. The van der Waals surface area contributed by atoms with E-state index in [9.17, 15) is 4.79 Å². The summed E-state index contributed by atoms with van der Waals surface area (Å²) in [5.41, 5.74) is 3.10. The van der Waals surface area contributed by atoms with E-state index in [0.717, 1.165) is 22.4 Å². The molecule has 3 aliphatic heterocycles. The van der Waals surface area contributed by atoms with Gasteiger partial charge in [0.05, 0.1) is 5.57 Å². The van der Waals surface area contributed by atoms with Gasteiger partial charge >= 0.3 is 5.97 Å². The summed E-state index contributed by atoms with van der Waals surface area (Å²) in [4.78, 5) is 12.2. The number of hydrogen-bond acceptors (Lipinski definition) is 6. The van der Waals surface area contributed by atoms with Crippen molar-refractivity contribution in [1.82, 2.24) is 0 Å². The van der Waals surface area contributed by atoms with Gasteiger partial charge in [0, 0.05) is 5.57 Å². The van der Waals surface area contributed by atoms with Gasteiger partial charge in [-0.15, -0.1) is 0 Å². The third-order valence-corrected chi connectivity index (χ3v) is 4.37. The molecule has 1 fully saturated rings. The van der Waals surface area contributed by atoms with Gasteiger partial charge in [0.15, 0.2) is 23.0 Å². The van der Waals surface area contributed by atoms with Crippen molar-refractivity contribution in [2.24, 2.45) is 0 Å². The van der Waals surface area contributed by atoms with Crippen molar-refractivity contribution in [3.8, 4) is 23.0 Å². The molecule has 2 aromatic carbocycles. The molecule has 3 aliphatic rings. The molecule has 0 radical (unpaired) electrons. The van der Waals surface area contributed by atoms with Gasteiger partial charge < -0.3 is 23.7 Å². The van der Waals surface area contributed by atoms with Crippen LogP contribution in [0.15, 0.2) is 47.5 Å². The van der Waals surface area contributed by atoms with Crippen LogP contribution in [0.1, 0.15) is 11.1 Å². The Morgan fingerprint density at radius 3 is 1.92 bits per heavy atom. The van der Waals surface area contributed by atoms with Crippen LogP contribution >= 0.6 is 0 Å². The smallest absolute Gasteiger partial charge is 0.338 e. The maximum Gasteiger partial charge on any atom is 0.338 e. The predicted octanol–water partition coefficient (Wildman–Crippen LogP) is 3.17. The number of ether oxygens (including phenoxy) is 5. The SMILES string of the molecule is O=C1OC/C(=C\c2ccc3c(c2)OCO3)C1=Cc1ccc2c(c1)OCO2. The zero-order chi connectivity index (χ0) is 17.5. The van der Waals surface area contributed by atoms with E-state index in [1.165, 1.54) is 0 Å². The quantitative estimate of drug-likeness (QED) is 0.612. The number of esters is 1. The Bertz CT molecular complexity index is 972. The van der Waals surface area contributed by atoms with Crippen molar-refractivity contribution in [3.05, 3.63) is 58.7 Å². The Kier molecular flexibility index (Phi) is 3.35. The summed E-state index contributed by atoms with van der Waals surface area (Å²) in [6, 6.07) is 11.2. The molecule has 0 spiro atoms. The summed E-state index contributed by atoms with van der Waals surface area (Å²) in [7, 11) is 0. The first-order chi connectivity index (χ1) is 12.8. The molecule has 0 saturated carbocycles. The minimum atomic E-state index is -0.338. The van der Waals surface area contributed by atoms with E-state index >= 15 is 0 Å². The van der Waals surface area contributed by atoms with Crippen LogP contribution in [0.25, 0.3) is 12.2 Å². The van der Waals surface area contributed by atoms with Crippen LogP contribution in [0, 0.1) is 0 Å². The fourth-order valence-corrected chi connectivity index (χ4v) is 3.07. The Hall–Kier alpha value is -3.41. The first-order valence-corrected chi connectivity index (χ1v) is 8.15. The third-order valence-electron chi connectivity index (χ3n) is 4.37. The lowest BCUT2D eigenvalue weighted by molar-refractivity contribution is -0.134. The highest BCUT2D eigenvalue weighted by atomic mass is 16.7. The molecule has 26 heavy (non-hydrogen) atoms. The van der Waals surface area contributed by atoms with Gasteiger partial charge in [-0.2, -0.15) is 0 Å². The lowest BCUT2D eigenvalue weighted by Gasteiger charge is -2.02. The van der Waals surface area contributed by atoms with Crippen LogP contribution in [-0.2, 0) is 9.53 Å². The van der Waals surface area contributed by atoms with Crippen LogP contribution in [-0.4, -0.2) is 26.2 Å². The summed E-state index contributed by atoms with van der Waals surface area (Å²) in [5.74, 6) is 2.46. The van der Waals surface area contributed by atoms with Crippen LogP contribution in [0.4, 0.5) is 0 Å². The van der Waals surface area contributed by atoms with Crippen molar-refractivity contribution in [2.45, 2.75) is 0 Å². The number of carbonyl (C=O) groups is 1. The lowest BCUT2D eigenvalue weighted by atomic mass is 10.0. The largest absolute Gasteiger partial charge is 0.457 e. The molecule has 0 N–H and O–H groups in total. The highest BCUT2D eigenvalue weighted by Crippen LogP contribution is 2.36. The van der Waals surface area contributed by atoms with Crippen LogP contribution < -0.4 is 18.9 Å². The van der Waals surface area contributed by atoms with E-state index in [1.54, 1.807) is 6.08 Å². The molecule has 6 nitrogen and oxygen atoms in total. The highest BCUT2D eigenvalue weighted by molar-refractivity contribution is 6.02. The topological polar surface area (TPSA) is 63.2 Å². The molecule has 6 heteroatoms. The van der Waals surface area contributed by atoms with Gasteiger partial charge in [-0.25, -0.2) is 4.79 Å². The molecule has 0 bridgehead atoms. The number of carbonyl (C=O) groups excluding carboxylic acids is 1.